The van der Waals surface area contributed by atoms with E-state index in [1.165, 1.54) is 6.42 Å². The van der Waals surface area contributed by atoms with Crippen LogP contribution in [-0.2, 0) is 27.3 Å². The van der Waals surface area contributed by atoms with Crippen LogP contribution in [0.4, 0.5) is 10.5 Å². The van der Waals surface area contributed by atoms with Crippen molar-refractivity contribution in [2.75, 3.05) is 46.2 Å². The molecule has 1 heterocycles. The van der Waals surface area contributed by atoms with Gasteiger partial charge in [-0.3, -0.25) is 14.4 Å². The van der Waals surface area contributed by atoms with Crippen molar-refractivity contribution in [1.29, 1.82) is 0 Å². The highest BCUT2D eigenvalue weighted by Gasteiger charge is 2.57. The normalized spacial score (nSPS) is 25.7. The Morgan fingerprint density at radius 1 is 1.05 bits per heavy atom. The van der Waals surface area contributed by atoms with Crippen LogP contribution in [-0.4, -0.2) is 88.6 Å². The van der Waals surface area contributed by atoms with Crippen molar-refractivity contribution in [3.8, 4) is 16.9 Å². The van der Waals surface area contributed by atoms with E-state index in [0.29, 0.717) is 42.0 Å². The van der Waals surface area contributed by atoms with E-state index >= 15 is 0 Å². The highest BCUT2D eigenvalue weighted by atomic mass is 16.7. The van der Waals surface area contributed by atoms with Crippen molar-refractivity contribution < 1.29 is 28.7 Å². The highest BCUT2D eigenvalue weighted by Crippen LogP contribution is 2.61. The fourth-order valence-electron chi connectivity index (χ4n) is 9.40. The Kier molecular flexibility index (Phi) is 12.6. The summed E-state index contributed by atoms with van der Waals surface area (Å²) < 4.78 is 12.1. The molecule has 4 aliphatic rings. The van der Waals surface area contributed by atoms with E-state index in [1.807, 2.05) is 85.7 Å². The zero-order valence-electron chi connectivity index (χ0n) is 34.1. The van der Waals surface area contributed by atoms with Crippen LogP contribution in [0.15, 0.2) is 66.7 Å². The molecule has 0 radical (unpaired) electrons. The minimum atomic E-state index is -0.820. The third kappa shape index (κ3) is 8.38. The summed E-state index contributed by atoms with van der Waals surface area (Å²) in [6.45, 7) is 9.45. The largest absolute Gasteiger partial charge is 0.496 e. The van der Waals surface area contributed by atoms with Gasteiger partial charge in [0.15, 0.2) is 0 Å². The third-order valence-corrected chi connectivity index (χ3v) is 12.8. The van der Waals surface area contributed by atoms with Crippen molar-refractivity contribution in [3.63, 3.8) is 0 Å². The lowest BCUT2D eigenvalue weighted by Crippen LogP contribution is -2.62. The Labute approximate surface area is 331 Å². The molecule has 3 amide bonds. The van der Waals surface area contributed by atoms with Crippen LogP contribution in [0, 0.1) is 29.1 Å². The topological polar surface area (TPSA) is 147 Å². The molecule has 7 rings (SSSR count). The number of alkyl carbamates (subject to hydrolysis) is 1. The van der Waals surface area contributed by atoms with E-state index in [4.69, 9.17) is 20.0 Å². The number of rotatable bonds is 14. The third-order valence-electron chi connectivity index (χ3n) is 12.8. The zero-order chi connectivity index (χ0) is 40.3. The van der Waals surface area contributed by atoms with Gasteiger partial charge in [0, 0.05) is 62.7 Å². The Hall–Kier alpha value is -4.65. The molecular formula is C44H60N6O6. The molecule has 0 aromatic heterocycles. The first-order chi connectivity index (χ1) is 26.8. The number of ether oxygens (including phenoxy) is 2. The number of hydroxylamine groups is 2. The molecular weight excluding hydrogens is 709 g/mol. The van der Waals surface area contributed by atoms with Crippen LogP contribution < -0.4 is 31.3 Å². The lowest BCUT2D eigenvalue weighted by atomic mass is 9.45. The molecule has 302 valence electrons. The van der Waals surface area contributed by atoms with Crippen LogP contribution >= 0.6 is 0 Å². The summed E-state index contributed by atoms with van der Waals surface area (Å²) in [5.74, 6) is 1.07. The summed E-state index contributed by atoms with van der Waals surface area (Å²) >= 11 is 0. The maximum atomic E-state index is 14.7. The zero-order valence-corrected chi connectivity index (χ0v) is 34.1. The van der Waals surface area contributed by atoms with E-state index in [-0.39, 0.29) is 36.4 Å². The molecule has 3 aromatic rings. The molecule has 1 saturated heterocycles. The Balaban J connectivity index is 1.29. The van der Waals surface area contributed by atoms with Crippen LogP contribution in [0.5, 0.6) is 5.75 Å². The fraction of sp³-hybridized carbons (Fsp3) is 0.523. The van der Waals surface area contributed by atoms with E-state index in [1.54, 1.807) is 26.1 Å². The maximum Gasteiger partial charge on any atom is 0.407 e. The van der Waals surface area contributed by atoms with Crippen LogP contribution in [0.1, 0.15) is 62.0 Å². The SMILES string of the molecule is CNC(=O)c1cc(-c2cccc(CN3O[C@@H](CN)[C@@H]([C@H](C)OC(=O)NCCc4ccccc4)[C@H]3C(=O)N[C@H]3C[C@H]4C[C@H]([C@@H]3C)C4(C)C)c2OC)cc(N(C)C)c1. The molecule has 1 aliphatic heterocycles. The number of benzene rings is 3. The summed E-state index contributed by atoms with van der Waals surface area (Å²) in [6.07, 6.45) is 0.907. The number of carbonyl (C=O) groups excluding carboxylic acids is 3. The van der Waals surface area contributed by atoms with Crippen molar-refractivity contribution in [2.45, 2.75) is 77.8 Å². The van der Waals surface area contributed by atoms with Crippen LogP contribution in [0.25, 0.3) is 11.1 Å². The molecule has 3 aliphatic carbocycles. The molecule has 0 unspecified atom stereocenters. The second kappa shape index (κ2) is 17.2. The van der Waals surface area contributed by atoms with Gasteiger partial charge in [-0.05, 0) is 78.7 Å². The maximum absolute atomic E-state index is 14.7. The van der Waals surface area contributed by atoms with Crippen LogP contribution in [0.3, 0.4) is 0 Å². The van der Waals surface area contributed by atoms with Gasteiger partial charge in [0.25, 0.3) is 5.91 Å². The predicted molar refractivity (Wildman–Crippen MR) is 218 cm³/mol. The van der Waals surface area contributed by atoms with E-state index < -0.39 is 30.3 Å². The van der Waals surface area contributed by atoms with E-state index in [0.717, 1.165) is 34.4 Å². The highest BCUT2D eigenvalue weighted by molar-refractivity contribution is 5.97. The summed E-state index contributed by atoms with van der Waals surface area (Å²) in [4.78, 5) is 49.2. The summed E-state index contributed by atoms with van der Waals surface area (Å²) in [7, 11) is 7.08. The van der Waals surface area contributed by atoms with Gasteiger partial charge < -0.3 is 36.1 Å². The first-order valence-electron chi connectivity index (χ1n) is 19.9. The molecule has 0 spiro atoms. The number of nitrogens with zero attached hydrogens (tertiary/aromatic N) is 2. The van der Waals surface area contributed by atoms with E-state index in [9.17, 15) is 14.4 Å². The van der Waals surface area contributed by atoms with Gasteiger partial charge in [-0.2, -0.15) is 5.06 Å². The number of methoxy groups -OCH3 is 1. The molecule has 8 atom stereocenters. The van der Waals surface area contributed by atoms with Gasteiger partial charge in [-0.1, -0.05) is 69.3 Å². The number of nitrogens with two attached hydrogens (primary N) is 1. The average Bonchev–Trinajstić information content (AvgIpc) is 3.56. The van der Waals surface area contributed by atoms with Gasteiger partial charge in [0.1, 0.15) is 17.9 Å². The molecule has 3 saturated carbocycles. The fourth-order valence-corrected chi connectivity index (χ4v) is 9.40. The average molecular weight is 769 g/mol. The number of fused-ring (bicyclic) bond motifs is 2. The number of nitrogens with one attached hydrogen (secondary N) is 3. The lowest BCUT2D eigenvalue weighted by Gasteiger charge is -2.62. The molecule has 12 nitrogen and oxygen atoms in total. The summed E-state index contributed by atoms with van der Waals surface area (Å²) in [5.41, 5.74) is 11.5. The van der Waals surface area contributed by atoms with Gasteiger partial charge in [0.05, 0.1) is 25.7 Å². The second-order valence-electron chi connectivity index (χ2n) is 16.6. The lowest BCUT2D eigenvalue weighted by molar-refractivity contribution is -0.175. The molecule has 3 aromatic carbocycles. The number of hydrogen-bond donors (Lipinski definition) is 4. The van der Waals surface area contributed by atoms with Gasteiger partial charge in [-0.15, -0.1) is 0 Å². The number of amides is 3. The van der Waals surface area contributed by atoms with Gasteiger partial charge in [-0.25, -0.2) is 4.79 Å². The minimum Gasteiger partial charge on any atom is -0.496 e. The monoisotopic (exact) mass is 768 g/mol. The summed E-state index contributed by atoms with van der Waals surface area (Å²) in [6, 6.07) is 20.7. The van der Waals surface area contributed by atoms with Crippen molar-refractivity contribution in [1.82, 2.24) is 21.0 Å². The van der Waals surface area contributed by atoms with Crippen molar-refractivity contribution in [2.24, 2.45) is 34.8 Å². The number of anilines is 1. The molecule has 2 bridgehead atoms. The van der Waals surface area contributed by atoms with Crippen molar-refractivity contribution >= 4 is 23.6 Å². The molecule has 5 N–H and O–H groups in total. The van der Waals surface area contributed by atoms with Crippen LogP contribution in [0.2, 0.25) is 0 Å². The summed E-state index contributed by atoms with van der Waals surface area (Å²) in [5, 5.41) is 10.7. The smallest absolute Gasteiger partial charge is 0.407 e. The van der Waals surface area contributed by atoms with Crippen molar-refractivity contribution in [3.05, 3.63) is 83.4 Å². The van der Waals surface area contributed by atoms with E-state index in [2.05, 4.69) is 36.7 Å². The molecule has 12 heteroatoms. The minimum absolute atomic E-state index is 0.0209. The molecule has 56 heavy (non-hydrogen) atoms. The first-order valence-corrected chi connectivity index (χ1v) is 19.9. The first kappa shape index (κ1) is 41.0. The quantitative estimate of drug-likeness (QED) is 0.170. The predicted octanol–water partition coefficient (Wildman–Crippen LogP) is 5.39. The van der Waals surface area contributed by atoms with Gasteiger partial charge >= 0.3 is 6.09 Å². The Morgan fingerprint density at radius 3 is 2.45 bits per heavy atom. The number of hydrogen-bond acceptors (Lipinski definition) is 9. The second-order valence-corrected chi connectivity index (χ2v) is 16.6. The Morgan fingerprint density at radius 2 is 1.80 bits per heavy atom. The molecule has 4 fully saturated rings. The number of para-hydroxylation sites is 1. The Bertz CT molecular complexity index is 1870. The number of carbonyl (C=O) groups is 3. The van der Waals surface area contributed by atoms with Gasteiger partial charge in [0.2, 0.25) is 5.91 Å². The standard InChI is InChI=1S/C44H60N6O6/c1-26-35-22-32(44(35,3)4)23-36(26)48-42(52)39-38(27(2)55-43(53)47-18-17-28-13-10-9-11-14-28)37(24-45)56-50(39)25-29-15-12-16-34(40(29)54-8)30-19-31(41(51)46-5)21-33(20-30)49(6)7/h9-16,19-21,26-27,32,35-39H,17-18,22-25,45H2,1-8H3,(H,46,51)(H,47,53)(H,48,52)/t26-,27-,32+,35+,36-,37-,38+,39-/m0/s1.